The number of para-hydroxylation sites is 3. The van der Waals surface area contributed by atoms with E-state index in [9.17, 15) is 10.5 Å². The molecule has 42 heavy (non-hydrogen) atoms. The number of furan rings is 2. The predicted octanol–water partition coefficient (Wildman–Crippen LogP) is 10.2. The zero-order valence-corrected chi connectivity index (χ0v) is 22.3. The van der Waals surface area contributed by atoms with E-state index in [-0.39, 0.29) is 0 Å². The van der Waals surface area contributed by atoms with Gasteiger partial charge in [-0.2, -0.15) is 10.5 Å². The van der Waals surface area contributed by atoms with Crippen LogP contribution in [0.15, 0.2) is 130 Å². The van der Waals surface area contributed by atoms with E-state index in [1.807, 2.05) is 103 Å². The first-order valence-corrected chi connectivity index (χ1v) is 13.6. The van der Waals surface area contributed by atoms with Gasteiger partial charge >= 0.3 is 0 Å². The van der Waals surface area contributed by atoms with Gasteiger partial charge in [0.2, 0.25) is 0 Å². The molecule has 0 radical (unpaired) electrons. The summed E-state index contributed by atoms with van der Waals surface area (Å²) in [6.07, 6.45) is 0. The predicted molar refractivity (Wildman–Crippen MR) is 167 cm³/mol. The van der Waals surface area contributed by atoms with Crippen molar-refractivity contribution in [3.63, 3.8) is 0 Å². The summed E-state index contributed by atoms with van der Waals surface area (Å²) in [5.41, 5.74) is 9.29. The van der Waals surface area contributed by atoms with Crippen molar-refractivity contribution in [1.82, 2.24) is 0 Å². The fourth-order valence-corrected chi connectivity index (χ4v) is 6.08. The van der Waals surface area contributed by atoms with E-state index >= 15 is 0 Å². The molecule has 8 rings (SSSR count). The fraction of sp³-hybridized carbons (Fsp3) is 0. The Hall–Kier alpha value is -6.10. The Morgan fingerprint density at radius 1 is 0.452 bits per heavy atom. The van der Waals surface area contributed by atoms with Crippen molar-refractivity contribution in [2.75, 3.05) is 0 Å². The molecule has 0 saturated carbocycles. The van der Waals surface area contributed by atoms with Crippen molar-refractivity contribution in [2.24, 2.45) is 0 Å². The van der Waals surface area contributed by atoms with Gasteiger partial charge in [0.05, 0.1) is 17.2 Å². The molecule has 0 aliphatic carbocycles. The maximum absolute atomic E-state index is 10.8. The average molecular weight is 537 g/mol. The third-order valence-electron chi connectivity index (χ3n) is 7.96. The van der Waals surface area contributed by atoms with E-state index in [4.69, 9.17) is 8.83 Å². The Labute approximate surface area is 240 Å². The molecule has 194 valence electrons. The second-order valence-electron chi connectivity index (χ2n) is 10.3. The molecule has 8 aromatic rings. The second kappa shape index (κ2) is 9.24. The number of nitrogens with zero attached hydrogens (tertiary/aromatic N) is 2. The molecule has 4 nitrogen and oxygen atoms in total. The van der Waals surface area contributed by atoms with Gasteiger partial charge in [0.15, 0.2) is 0 Å². The summed E-state index contributed by atoms with van der Waals surface area (Å²) >= 11 is 0. The van der Waals surface area contributed by atoms with Crippen molar-refractivity contribution in [1.29, 1.82) is 10.5 Å². The number of benzene rings is 6. The molecule has 0 amide bonds. The average Bonchev–Trinajstić information content (AvgIpc) is 3.63. The number of hydrogen-bond donors (Lipinski definition) is 0. The van der Waals surface area contributed by atoms with Crippen LogP contribution in [0.25, 0.3) is 77.3 Å². The molecule has 0 bridgehead atoms. The second-order valence-corrected chi connectivity index (χ2v) is 10.3. The molecule has 0 spiro atoms. The molecule has 0 fully saturated rings. The standard InChI is InChI=1S/C38H20N2O2/c39-21-23-8-5-9-24(18-23)25-19-31(27-12-7-17-36-37(27)30-11-2-4-16-35(30)41-36)33(22-40)32(20-25)29-14-6-13-28-26-10-1-3-15-34(26)42-38(28)29/h1-20H. The quantitative estimate of drug-likeness (QED) is 0.225. The fourth-order valence-electron chi connectivity index (χ4n) is 6.08. The molecular formula is C38H20N2O2. The lowest BCUT2D eigenvalue weighted by atomic mass is 9.86. The van der Waals surface area contributed by atoms with Gasteiger partial charge in [0.25, 0.3) is 0 Å². The Kier molecular flexibility index (Phi) is 5.22. The third-order valence-corrected chi connectivity index (χ3v) is 7.96. The molecule has 0 N–H and O–H groups in total. The van der Waals surface area contributed by atoms with Crippen LogP contribution in [0.1, 0.15) is 11.1 Å². The number of hydrogen-bond acceptors (Lipinski definition) is 4. The van der Waals surface area contributed by atoms with Gasteiger partial charge in [-0.1, -0.05) is 78.9 Å². The summed E-state index contributed by atoms with van der Waals surface area (Å²) < 4.78 is 12.6. The van der Waals surface area contributed by atoms with E-state index in [2.05, 4.69) is 24.3 Å². The number of nitriles is 2. The third kappa shape index (κ3) is 3.53. The van der Waals surface area contributed by atoms with Crippen molar-refractivity contribution in [2.45, 2.75) is 0 Å². The summed E-state index contributed by atoms with van der Waals surface area (Å²) in [4.78, 5) is 0. The van der Waals surface area contributed by atoms with E-state index in [0.29, 0.717) is 11.1 Å². The van der Waals surface area contributed by atoms with Gasteiger partial charge < -0.3 is 8.83 Å². The van der Waals surface area contributed by atoms with Gasteiger partial charge in [-0.3, -0.25) is 0 Å². The summed E-state index contributed by atoms with van der Waals surface area (Å²) in [7, 11) is 0. The Morgan fingerprint density at radius 2 is 1.10 bits per heavy atom. The molecular weight excluding hydrogens is 516 g/mol. The first-order valence-electron chi connectivity index (χ1n) is 13.6. The van der Waals surface area contributed by atoms with Crippen molar-refractivity contribution >= 4 is 43.9 Å². The van der Waals surface area contributed by atoms with Gasteiger partial charge in [-0.05, 0) is 59.2 Å². The van der Waals surface area contributed by atoms with E-state index in [1.54, 1.807) is 6.07 Å². The zero-order chi connectivity index (χ0) is 28.2. The molecule has 2 heterocycles. The molecule has 0 atom stereocenters. The van der Waals surface area contributed by atoms with Gasteiger partial charge in [0.1, 0.15) is 28.4 Å². The first-order chi connectivity index (χ1) is 20.7. The van der Waals surface area contributed by atoms with Crippen LogP contribution in [0.2, 0.25) is 0 Å². The highest BCUT2D eigenvalue weighted by molar-refractivity contribution is 6.14. The zero-order valence-electron chi connectivity index (χ0n) is 22.3. The largest absolute Gasteiger partial charge is 0.456 e. The lowest BCUT2D eigenvalue weighted by molar-refractivity contribution is 0.669. The monoisotopic (exact) mass is 536 g/mol. The van der Waals surface area contributed by atoms with Crippen molar-refractivity contribution in [3.05, 3.63) is 132 Å². The molecule has 2 aromatic heterocycles. The lowest BCUT2D eigenvalue weighted by Gasteiger charge is -2.15. The Morgan fingerprint density at radius 3 is 1.90 bits per heavy atom. The van der Waals surface area contributed by atoms with Gasteiger partial charge in [-0.25, -0.2) is 0 Å². The minimum Gasteiger partial charge on any atom is -0.456 e. The Bertz CT molecular complexity index is 2450. The smallest absolute Gasteiger partial charge is 0.143 e. The van der Waals surface area contributed by atoms with Crippen LogP contribution in [0.3, 0.4) is 0 Å². The number of rotatable bonds is 3. The van der Waals surface area contributed by atoms with Gasteiger partial charge in [0, 0.05) is 38.2 Å². The highest BCUT2D eigenvalue weighted by Crippen LogP contribution is 2.44. The highest BCUT2D eigenvalue weighted by atomic mass is 16.3. The summed E-state index contributed by atoms with van der Waals surface area (Å²) in [6, 6.07) is 44.4. The molecule has 0 aliphatic heterocycles. The highest BCUT2D eigenvalue weighted by Gasteiger charge is 2.22. The van der Waals surface area contributed by atoms with Crippen molar-refractivity contribution in [3.8, 4) is 45.5 Å². The Balaban J connectivity index is 1.51. The van der Waals surface area contributed by atoms with E-state index in [0.717, 1.165) is 77.3 Å². The molecule has 0 aliphatic rings. The molecule has 4 heteroatoms. The molecule has 0 unspecified atom stereocenters. The van der Waals surface area contributed by atoms with E-state index in [1.165, 1.54) is 0 Å². The van der Waals surface area contributed by atoms with E-state index < -0.39 is 0 Å². The minimum atomic E-state index is 0.543. The molecule has 6 aromatic carbocycles. The summed E-state index contributed by atoms with van der Waals surface area (Å²) in [5, 5.41) is 24.4. The first kappa shape index (κ1) is 23.8. The maximum Gasteiger partial charge on any atom is 0.143 e. The topological polar surface area (TPSA) is 73.9 Å². The summed E-state index contributed by atoms with van der Waals surface area (Å²) in [6.45, 7) is 0. The van der Waals surface area contributed by atoms with Gasteiger partial charge in [-0.15, -0.1) is 0 Å². The van der Waals surface area contributed by atoms with Crippen LogP contribution in [-0.2, 0) is 0 Å². The van der Waals surface area contributed by atoms with Crippen LogP contribution in [0.4, 0.5) is 0 Å². The van der Waals surface area contributed by atoms with Crippen LogP contribution >= 0.6 is 0 Å². The molecule has 0 saturated heterocycles. The van der Waals surface area contributed by atoms with Crippen LogP contribution in [0.5, 0.6) is 0 Å². The SMILES string of the molecule is N#Cc1cccc(-c2cc(-c3cccc4c3oc3ccccc34)c(C#N)c(-c3cccc4oc5ccccc5c34)c2)c1. The number of fused-ring (bicyclic) bond motifs is 6. The summed E-state index contributed by atoms with van der Waals surface area (Å²) in [5.74, 6) is 0. The lowest BCUT2D eigenvalue weighted by Crippen LogP contribution is -1.94. The normalized spacial score (nSPS) is 11.3. The van der Waals surface area contributed by atoms with Crippen LogP contribution < -0.4 is 0 Å². The maximum atomic E-state index is 10.8. The minimum absolute atomic E-state index is 0.543. The van der Waals surface area contributed by atoms with Crippen LogP contribution in [-0.4, -0.2) is 0 Å². The van der Waals surface area contributed by atoms with Crippen LogP contribution in [0, 0.1) is 22.7 Å². The van der Waals surface area contributed by atoms with Crippen molar-refractivity contribution < 1.29 is 8.83 Å².